The lowest BCUT2D eigenvalue weighted by atomic mass is 10.0. The van der Waals surface area contributed by atoms with Gasteiger partial charge in [-0.2, -0.15) is 0 Å². The number of rotatable bonds is 2. The van der Waals surface area contributed by atoms with Gasteiger partial charge in [-0.05, 0) is 17.6 Å². The van der Waals surface area contributed by atoms with Gasteiger partial charge in [0, 0.05) is 0 Å². The second kappa shape index (κ2) is 6.43. The Morgan fingerprint density at radius 1 is 0.444 bits per heavy atom. The minimum Gasteiger partial charge on any atom is -0.203 e. The van der Waals surface area contributed by atoms with Crippen LogP contribution in [0.1, 0.15) is 17.5 Å². The van der Waals surface area contributed by atoms with Crippen LogP contribution in [0.5, 0.6) is 0 Å². The van der Waals surface area contributed by atoms with E-state index in [1.807, 2.05) is 0 Å². The van der Waals surface area contributed by atoms with Crippen molar-refractivity contribution < 1.29 is 43.9 Å². The Morgan fingerprint density at radius 2 is 0.778 bits per heavy atom. The molecule has 10 heteroatoms. The molecule has 0 N–H and O–H groups in total. The van der Waals surface area contributed by atoms with Crippen LogP contribution in [0.2, 0.25) is 0 Å². The molecule has 3 rings (SSSR count). The molecule has 1 aliphatic rings. The predicted molar refractivity (Wildman–Crippen MR) is 73.0 cm³/mol. The highest BCUT2D eigenvalue weighted by Crippen LogP contribution is 2.39. The van der Waals surface area contributed by atoms with Gasteiger partial charge in [-0.15, -0.1) is 0 Å². The topological polar surface area (TPSA) is 0 Å². The maximum Gasteiger partial charge on any atom is 0.200 e. The van der Waals surface area contributed by atoms with Crippen LogP contribution in [0, 0.1) is 58.2 Å². The van der Waals surface area contributed by atoms with Gasteiger partial charge >= 0.3 is 0 Å². The van der Waals surface area contributed by atoms with E-state index in [2.05, 4.69) is 0 Å². The quantitative estimate of drug-likeness (QED) is 0.333. The third kappa shape index (κ3) is 2.70. The van der Waals surface area contributed by atoms with E-state index in [0.717, 1.165) is 6.08 Å². The van der Waals surface area contributed by atoms with Crippen molar-refractivity contribution in [2.45, 2.75) is 6.42 Å². The third-order valence-electron chi connectivity index (χ3n) is 3.90. The number of benzene rings is 2. The molecule has 142 valence electrons. The largest absolute Gasteiger partial charge is 0.203 e. The van der Waals surface area contributed by atoms with Gasteiger partial charge in [0.05, 0.1) is 11.1 Å². The maximum absolute atomic E-state index is 13.8. The van der Waals surface area contributed by atoms with Crippen LogP contribution >= 0.6 is 0 Å². The molecular weight excluding hydrogens is 394 g/mol. The van der Waals surface area contributed by atoms with Crippen LogP contribution < -0.4 is 0 Å². The Morgan fingerprint density at radius 3 is 1.19 bits per heavy atom. The van der Waals surface area contributed by atoms with Crippen molar-refractivity contribution in [1.82, 2.24) is 0 Å². The van der Waals surface area contributed by atoms with E-state index in [-0.39, 0.29) is 0 Å². The first kappa shape index (κ1) is 19.0. The normalized spacial score (nSPS) is 13.9. The molecule has 0 aliphatic heterocycles. The predicted octanol–water partition coefficient (Wildman–Crippen LogP) is 5.95. The van der Waals surface area contributed by atoms with Crippen molar-refractivity contribution >= 4 is 11.1 Å². The van der Waals surface area contributed by atoms with E-state index >= 15 is 0 Å². The van der Waals surface area contributed by atoms with E-state index in [9.17, 15) is 43.9 Å². The zero-order valence-electron chi connectivity index (χ0n) is 12.6. The minimum absolute atomic E-state index is 0.576. The van der Waals surface area contributed by atoms with E-state index in [1.54, 1.807) is 0 Å². The summed E-state index contributed by atoms with van der Waals surface area (Å²) in [6.45, 7) is 0. The average molecular weight is 398 g/mol. The SMILES string of the molecule is Fc1c(F)c(F)c(C2=CCC(c3c(F)c(F)c(F)c(F)c3F)=C2)c(F)c1F. The summed E-state index contributed by atoms with van der Waals surface area (Å²) >= 11 is 0. The zero-order valence-corrected chi connectivity index (χ0v) is 12.6. The first-order chi connectivity index (χ1) is 12.6. The molecular formula is C17H4F10. The molecule has 0 nitrogen and oxygen atoms in total. The van der Waals surface area contributed by atoms with Gasteiger partial charge in [0.2, 0.25) is 11.6 Å². The summed E-state index contributed by atoms with van der Waals surface area (Å²) in [7, 11) is 0. The number of allylic oxidation sites excluding steroid dienone is 4. The van der Waals surface area contributed by atoms with Crippen LogP contribution in [-0.2, 0) is 0 Å². The molecule has 2 aromatic carbocycles. The van der Waals surface area contributed by atoms with Crippen LogP contribution in [0.4, 0.5) is 43.9 Å². The summed E-state index contributed by atoms with van der Waals surface area (Å²) < 4.78 is 135. The first-order valence-corrected chi connectivity index (χ1v) is 7.02. The number of hydrogen-bond acceptors (Lipinski definition) is 0. The fourth-order valence-electron chi connectivity index (χ4n) is 2.62. The van der Waals surface area contributed by atoms with Crippen molar-refractivity contribution in [2.75, 3.05) is 0 Å². The second-order valence-corrected chi connectivity index (χ2v) is 5.42. The lowest BCUT2D eigenvalue weighted by Crippen LogP contribution is -2.06. The van der Waals surface area contributed by atoms with Gasteiger partial charge in [-0.25, -0.2) is 43.9 Å². The summed E-state index contributed by atoms with van der Waals surface area (Å²) in [6.07, 6.45) is 0.829. The highest BCUT2D eigenvalue weighted by molar-refractivity contribution is 5.90. The summed E-state index contributed by atoms with van der Waals surface area (Å²) in [4.78, 5) is 0. The van der Waals surface area contributed by atoms with Crippen molar-refractivity contribution in [1.29, 1.82) is 0 Å². The van der Waals surface area contributed by atoms with Crippen LogP contribution in [0.15, 0.2) is 12.2 Å². The van der Waals surface area contributed by atoms with Gasteiger partial charge < -0.3 is 0 Å². The molecule has 0 atom stereocenters. The van der Waals surface area contributed by atoms with Gasteiger partial charge in [0.15, 0.2) is 46.5 Å². The fraction of sp³-hybridized carbons (Fsp3) is 0.0588. The Hall–Kier alpha value is -2.78. The van der Waals surface area contributed by atoms with E-state index in [4.69, 9.17) is 0 Å². The Kier molecular flexibility index (Phi) is 4.52. The maximum atomic E-state index is 13.8. The number of halogens is 10. The Labute approximate surface area is 144 Å². The standard InChI is InChI=1S/C17H4F10/c18-8-6(9(19)13(23)16(26)12(8)22)4-1-2-5(3-4)7-10(20)14(24)17(27)15(25)11(7)21/h1,3H,2H2. The summed E-state index contributed by atoms with van der Waals surface area (Å²) in [5, 5.41) is 0. The molecule has 0 amide bonds. The van der Waals surface area contributed by atoms with Crippen LogP contribution in [-0.4, -0.2) is 0 Å². The minimum atomic E-state index is -2.41. The lowest BCUT2D eigenvalue weighted by Gasteiger charge is -2.09. The molecule has 0 saturated heterocycles. The molecule has 0 fully saturated rings. The summed E-state index contributed by atoms with van der Waals surface area (Å²) in [5.41, 5.74) is -4.00. The monoisotopic (exact) mass is 398 g/mol. The molecule has 0 saturated carbocycles. The second-order valence-electron chi connectivity index (χ2n) is 5.42. The van der Waals surface area contributed by atoms with Gasteiger partial charge in [0.1, 0.15) is 0 Å². The van der Waals surface area contributed by atoms with Crippen molar-refractivity contribution in [3.8, 4) is 0 Å². The molecule has 0 heterocycles. The molecule has 0 spiro atoms. The van der Waals surface area contributed by atoms with Crippen molar-refractivity contribution in [3.05, 3.63) is 81.5 Å². The Balaban J connectivity index is 2.18. The van der Waals surface area contributed by atoms with Gasteiger partial charge in [-0.3, -0.25) is 0 Å². The molecule has 27 heavy (non-hydrogen) atoms. The first-order valence-electron chi connectivity index (χ1n) is 7.02. The van der Waals surface area contributed by atoms with E-state index in [1.165, 1.54) is 0 Å². The highest BCUT2D eigenvalue weighted by atomic mass is 19.2. The molecule has 2 aromatic rings. The van der Waals surface area contributed by atoms with Crippen molar-refractivity contribution in [2.24, 2.45) is 0 Å². The number of hydrogen-bond donors (Lipinski definition) is 0. The van der Waals surface area contributed by atoms with E-state index in [0.29, 0.717) is 6.08 Å². The molecule has 1 aliphatic carbocycles. The molecule has 0 aromatic heterocycles. The summed E-state index contributed by atoms with van der Waals surface area (Å²) in [5.74, 6) is -22.6. The van der Waals surface area contributed by atoms with Gasteiger partial charge in [-0.1, -0.05) is 12.2 Å². The van der Waals surface area contributed by atoms with Crippen LogP contribution in [0.3, 0.4) is 0 Å². The summed E-state index contributed by atoms with van der Waals surface area (Å²) in [6, 6.07) is 0. The molecule has 0 radical (unpaired) electrons. The smallest absolute Gasteiger partial charge is 0.200 e. The molecule has 0 bridgehead atoms. The third-order valence-corrected chi connectivity index (χ3v) is 3.90. The lowest BCUT2D eigenvalue weighted by molar-refractivity contribution is 0.376. The zero-order chi connectivity index (χ0) is 20.2. The molecule has 0 unspecified atom stereocenters. The van der Waals surface area contributed by atoms with Crippen molar-refractivity contribution in [3.63, 3.8) is 0 Å². The fourth-order valence-corrected chi connectivity index (χ4v) is 2.62. The average Bonchev–Trinajstić information content (AvgIpc) is 3.11. The van der Waals surface area contributed by atoms with Crippen LogP contribution in [0.25, 0.3) is 11.1 Å². The highest BCUT2D eigenvalue weighted by Gasteiger charge is 2.31. The van der Waals surface area contributed by atoms with Gasteiger partial charge in [0.25, 0.3) is 0 Å². The van der Waals surface area contributed by atoms with E-state index < -0.39 is 86.9 Å². The Bertz CT molecular complexity index is 991.